The first-order chi connectivity index (χ1) is 9.13. The lowest BCUT2D eigenvalue weighted by Crippen LogP contribution is -2.06. The van der Waals surface area contributed by atoms with E-state index in [4.69, 9.17) is 16.3 Å². The van der Waals surface area contributed by atoms with E-state index in [0.29, 0.717) is 17.2 Å². The van der Waals surface area contributed by atoms with Crippen LogP contribution in [0.25, 0.3) is 0 Å². The highest BCUT2D eigenvalue weighted by atomic mass is 35.5. The molecule has 2 rings (SSSR count). The van der Waals surface area contributed by atoms with Crippen LogP contribution < -0.4 is 4.74 Å². The van der Waals surface area contributed by atoms with Crippen molar-refractivity contribution in [3.05, 3.63) is 45.7 Å². The van der Waals surface area contributed by atoms with Gasteiger partial charge >= 0.3 is 0 Å². The minimum absolute atomic E-state index is 0.163. The summed E-state index contributed by atoms with van der Waals surface area (Å²) in [5, 5.41) is 2.79. The Morgan fingerprint density at radius 3 is 2.84 bits per heavy atom. The van der Waals surface area contributed by atoms with Crippen LogP contribution in [0, 0.1) is 12.7 Å². The fourth-order valence-electron chi connectivity index (χ4n) is 1.65. The van der Waals surface area contributed by atoms with Gasteiger partial charge in [-0.15, -0.1) is 22.9 Å². The lowest BCUT2D eigenvalue weighted by Gasteiger charge is -2.15. The predicted molar refractivity (Wildman–Crippen MR) is 76.5 cm³/mol. The molecule has 102 valence electrons. The molecule has 0 aliphatic rings. The number of ether oxygens (including phenoxy) is 1. The molecule has 0 radical (unpaired) electrons. The summed E-state index contributed by atoms with van der Waals surface area (Å²) in [6.07, 6.45) is 0.606. The quantitative estimate of drug-likeness (QED) is 0.736. The first kappa shape index (κ1) is 14.3. The van der Waals surface area contributed by atoms with Gasteiger partial charge in [-0.05, 0) is 25.0 Å². The van der Waals surface area contributed by atoms with Crippen molar-refractivity contribution in [2.75, 3.05) is 0 Å². The van der Waals surface area contributed by atoms with Gasteiger partial charge in [0.15, 0.2) is 0 Å². The highest BCUT2D eigenvalue weighted by Crippen LogP contribution is 2.28. The normalized spacial score (nSPS) is 12.4. The lowest BCUT2D eigenvalue weighted by atomic mass is 10.2. The van der Waals surface area contributed by atoms with Crippen molar-refractivity contribution < 1.29 is 9.13 Å². The van der Waals surface area contributed by atoms with Crippen LogP contribution in [0.5, 0.6) is 5.75 Å². The lowest BCUT2D eigenvalue weighted by molar-refractivity contribution is 0.200. The third kappa shape index (κ3) is 3.45. The van der Waals surface area contributed by atoms with Crippen molar-refractivity contribution in [3.8, 4) is 5.75 Å². The summed E-state index contributed by atoms with van der Waals surface area (Å²) in [5.74, 6) is 0.664. The monoisotopic (exact) mass is 299 g/mol. The minimum Gasteiger partial charge on any atom is -0.483 e. The van der Waals surface area contributed by atoms with E-state index in [0.717, 1.165) is 17.1 Å². The number of nitrogens with zero attached hydrogens (tertiary/aromatic N) is 1. The molecule has 2 aromatic rings. The van der Waals surface area contributed by atoms with Gasteiger partial charge < -0.3 is 4.74 Å². The van der Waals surface area contributed by atoms with E-state index >= 15 is 0 Å². The van der Waals surface area contributed by atoms with E-state index in [2.05, 4.69) is 4.98 Å². The van der Waals surface area contributed by atoms with Crippen LogP contribution in [-0.2, 0) is 5.88 Å². The summed E-state index contributed by atoms with van der Waals surface area (Å²) in [4.78, 5) is 4.40. The Balaban J connectivity index is 2.16. The van der Waals surface area contributed by atoms with Crippen LogP contribution in [-0.4, -0.2) is 4.98 Å². The summed E-state index contributed by atoms with van der Waals surface area (Å²) in [7, 11) is 0. The third-order valence-corrected chi connectivity index (χ3v) is 4.03. The molecule has 0 spiro atoms. The Hall–Kier alpha value is -1.13. The van der Waals surface area contributed by atoms with E-state index in [1.54, 1.807) is 19.1 Å². The molecule has 0 fully saturated rings. The molecule has 2 nitrogen and oxygen atoms in total. The number of aromatic nitrogens is 1. The Morgan fingerprint density at radius 2 is 2.26 bits per heavy atom. The molecule has 0 bridgehead atoms. The first-order valence-electron chi connectivity index (χ1n) is 6.07. The average Bonchev–Trinajstić information content (AvgIpc) is 2.88. The molecule has 0 aliphatic heterocycles. The van der Waals surface area contributed by atoms with E-state index in [9.17, 15) is 4.39 Å². The number of alkyl halides is 1. The molecule has 0 N–H and O–H groups in total. The van der Waals surface area contributed by atoms with Gasteiger partial charge in [0.1, 0.15) is 22.7 Å². The SMILES string of the molecule is CCC(Oc1ccc(C)c(F)c1)c1nc(CCl)cs1. The van der Waals surface area contributed by atoms with Crippen molar-refractivity contribution in [2.24, 2.45) is 0 Å². The Bertz CT molecular complexity index is 558. The summed E-state index contributed by atoms with van der Waals surface area (Å²) in [6, 6.07) is 4.90. The zero-order valence-electron chi connectivity index (χ0n) is 10.8. The molecule has 0 saturated carbocycles. The Morgan fingerprint density at radius 1 is 1.47 bits per heavy atom. The number of halogens is 2. The highest BCUT2D eigenvalue weighted by Gasteiger charge is 2.16. The van der Waals surface area contributed by atoms with Crippen LogP contribution in [0.3, 0.4) is 0 Å². The Labute approximate surface area is 121 Å². The van der Waals surface area contributed by atoms with Crippen molar-refractivity contribution >= 4 is 22.9 Å². The molecular formula is C14H15ClFNOS. The van der Waals surface area contributed by atoms with Crippen LogP contribution >= 0.6 is 22.9 Å². The second kappa shape index (κ2) is 6.35. The molecule has 0 amide bonds. The maximum Gasteiger partial charge on any atom is 0.150 e. The maximum atomic E-state index is 13.5. The number of thiazole rings is 1. The number of rotatable bonds is 5. The number of hydrogen-bond acceptors (Lipinski definition) is 3. The molecule has 19 heavy (non-hydrogen) atoms. The number of hydrogen-bond donors (Lipinski definition) is 0. The summed E-state index contributed by atoms with van der Waals surface area (Å²) in [6.45, 7) is 3.74. The molecule has 1 aromatic carbocycles. The molecule has 1 aromatic heterocycles. The molecule has 1 atom stereocenters. The van der Waals surface area contributed by atoms with Gasteiger partial charge in [-0.3, -0.25) is 0 Å². The fourth-order valence-corrected chi connectivity index (χ4v) is 2.81. The second-order valence-electron chi connectivity index (χ2n) is 4.24. The zero-order chi connectivity index (χ0) is 13.8. The van der Waals surface area contributed by atoms with Crippen LogP contribution in [0.2, 0.25) is 0 Å². The van der Waals surface area contributed by atoms with Crippen LogP contribution in [0.1, 0.15) is 35.7 Å². The van der Waals surface area contributed by atoms with E-state index in [1.807, 2.05) is 12.3 Å². The molecule has 5 heteroatoms. The summed E-state index contributed by atoms with van der Waals surface area (Å²) < 4.78 is 19.3. The van der Waals surface area contributed by atoms with Gasteiger partial charge in [0.2, 0.25) is 0 Å². The predicted octanol–water partition coefficient (Wildman–Crippen LogP) is 4.86. The van der Waals surface area contributed by atoms with Gasteiger partial charge in [0.05, 0.1) is 11.6 Å². The van der Waals surface area contributed by atoms with Gasteiger partial charge in [0, 0.05) is 11.4 Å². The molecule has 1 unspecified atom stereocenters. The zero-order valence-corrected chi connectivity index (χ0v) is 12.4. The molecule has 0 aliphatic carbocycles. The summed E-state index contributed by atoms with van der Waals surface area (Å²) >= 11 is 7.26. The second-order valence-corrected chi connectivity index (χ2v) is 5.39. The minimum atomic E-state index is -0.257. The number of aryl methyl sites for hydroxylation is 1. The third-order valence-electron chi connectivity index (χ3n) is 2.77. The fraction of sp³-hybridized carbons (Fsp3) is 0.357. The van der Waals surface area contributed by atoms with Crippen LogP contribution in [0.4, 0.5) is 4.39 Å². The van der Waals surface area contributed by atoms with Crippen molar-refractivity contribution in [1.29, 1.82) is 0 Å². The number of benzene rings is 1. The molecule has 0 saturated heterocycles. The summed E-state index contributed by atoms with van der Waals surface area (Å²) in [5.41, 5.74) is 1.46. The van der Waals surface area contributed by atoms with E-state index in [1.165, 1.54) is 17.4 Å². The highest BCUT2D eigenvalue weighted by molar-refractivity contribution is 7.09. The smallest absolute Gasteiger partial charge is 0.150 e. The van der Waals surface area contributed by atoms with Gasteiger partial charge in [-0.2, -0.15) is 0 Å². The van der Waals surface area contributed by atoms with Crippen molar-refractivity contribution in [2.45, 2.75) is 32.3 Å². The Kier molecular flexibility index (Phi) is 4.77. The van der Waals surface area contributed by atoms with Crippen LogP contribution in [0.15, 0.2) is 23.6 Å². The van der Waals surface area contributed by atoms with Crippen molar-refractivity contribution in [1.82, 2.24) is 4.98 Å². The van der Waals surface area contributed by atoms with E-state index < -0.39 is 0 Å². The van der Waals surface area contributed by atoms with Gasteiger partial charge in [0.25, 0.3) is 0 Å². The largest absolute Gasteiger partial charge is 0.483 e. The standard InChI is InChI=1S/C14H15ClFNOS/c1-3-13(14-17-10(7-15)8-19-14)18-11-5-4-9(2)12(16)6-11/h4-6,8,13H,3,7H2,1-2H3. The molecule has 1 heterocycles. The van der Waals surface area contributed by atoms with E-state index in [-0.39, 0.29) is 11.9 Å². The first-order valence-corrected chi connectivity index (χ1v) is 7.48. The van der Waals surface area contributed by atoms with Crippen molar-refractivity contribution in [3.63, 3.8) is 0 Å². The van der Waals surface area contributed by atoms with Gasteiger partial charge in [-0.25, -0.2) is 9.37 Å². The molecular weight excluding hydrogens is 285 g/mol. The topological polar surface area (TPSA) is 22.1 Å². The van der Waals surface area contributed by atoms with Gasteiger partial charge in [-0.1, -0.05) is 13.0 Å². The average molecular weight is 300 g/mol. The maximum absolute atomic E-state index is 13.5.